The van der Waals surface area contributed by atoms with E-state index in [1.807, 2.05) is 42.5 Å². The van der Waals surface area contributed by atoms with E-state index < -0.39 is 11.7 Å². The van der Waals surface area contributed by atoms with Crippen molar-refractivity contribution in [3.63, 3.8) is 0 Å². The monoisotopic (exact) mass is 511 g/mol. The minimum absolute atomic E-state index is 0.182. The molecule has 2 aromatic heterocycles. The van der Waals surface area contributed by atoms with E-state index in [9.17, 15) is 18.0 Å². The van der Waals surface area contributed by atoms with Crippen molar-refractivity contribution in [2.24, 2.45) is 0 Å². The van der Waals surface area contributed by atoms with Crippen LogP contribution in [0.15, 0.2) is 103 Å². The van der Waals surface area contributed by atoms with Crippen molar-refractivity contribution in [3.8, 4) is 11.1 Å². The summed E-state index contributed by atoms with van der Waals surface area (Å²) < 4.78 is 41.4. The van der Waals surface area contributed by atoms with Crippen LogP contribution in [0.4, 0.5) is 13.2 Å². The van der Waals surface area contributed by atoms with Crippen LogP contribution >= 0.6 is 0 Å². The molecule has 0 aliphatic carbocycles. The van der Waals surface area contributed by atoms with Crippen LogP contribution in [0.5, 0.6) is 0 Å². The molecule has 2 heterocycles. The molecule has 3 aromatic carbocycles. The topological polar surface area (TPSA) is 54.9 Å². The lowest BCUT2D eigenvalue weighted by molar-refractivity contribution is -0.136. The first-order valence-electron chi connectivity index (χ1n) is 12.2. The highest BCUT2D eigenvalue weighted by molar-refractivity contribution is 6.16. The summed E-state index contributed by atoms with van der Waals surface area (Å²) in [6, 6.07) is 25.9. The number of alkyl halides is 3. The summed E-state index contributed by atoms with van der Waals surface area (Å²) in [7, 11) is 0. The highest BCUT2D eigenvalue weighted by Gasteiger charge is 2.34. The molecule has 5 aromatic rings. The number of hydrogen-bond acceptors (Lipinski definition) is 4. The molecule has 0 unspecified atom stereocenters. The Kier molecular flexibility index (Phi) is 7.29. The summed E-state index contributed by atoms with van der Waals surface area (Å²) >= 11 is 0. The third kappa shape index (κ3) is 5.48. The van der Waals surface area contributed by atoms with Crippen LogP contribution in [0.3, 0.4) is 0 Å². The summed E-state index contributed by atoms with van der Waals surface area (Å²) in [5.74, 6) is -0.300. The largest absolute Gasteiger partial charge is 0.418 e. The number of halogens is 3. The van der Waals surface area contributed by atoms with Crippen molar-refractivity contribution in [1.82, 2.24) is 15.3 Å². The molecule has 0 bridgehead atoms. The maximum absolute atomic E-state index is 13.8. The van der Waals surface area contributed by atoms with Crippen LogP contribution in [-0.4, -0.2) is 22.3 Å². The van der Waals surface area contributed by atoms with E-state index in [1.54, 1.807) is 42.6 Å². The lowest BCUT2D eigenvalue weighted by Gasteiger charge is -2.16. The van der Waals surface area contributed by atoms with Gasteiger partial charge in [0.15, 0.2) is 5.78 Å². The first-order chi connectivity index (χ1) is 18.4. The quantitative estimate of drug-likeness (QED) is 0.182. The van der Waals surface area contributed by atoms with Crippen molar-refractivity contribution in [2.75, 3.05) is 6.54 Å². The number of nitrogens with one attached hydrogen (secondary N) is 1. The number of carbonyl (C=O) groups excluding carboxylic acids is 1. The lowest BCUT2D eigenvalue weighted by atomic mass is 9.90. The molecule has 0 fully saturated rings. The minimum atomic E-state index is -4.58. The third-order valence-electron chi connectivity index (χ3n) is 6.31. The number of fused-ring (bicyclic) bond motifs is 1. The van der Waals surface area contributed by atoms with E-state index in [2.05, 4.69) is 15.3 Å². The van der Waals surface area contributed by atoms with Gasteiger partial charge in [-0.05, 0) is 35.4 Å². The summed E-state index contributed by atoms with van der Waals surface area (Å²) in [6.07, 6.45) is -0.782. The van der Waals surface area contributed by atoms with Gasteiger partial charge in [-0.25, -0.2) is 0 Å². The predicted octanol–water partition coefficient (Wildman–Crippen LogP) is 6.88. The second-order valence-electron chi connectivity index (χ2n) is 8.89. The van der Waals surface area contributed by atoms with Crippen molar-refractivity contribution < 1.29 is 18.0 Å². The first kappa shape index (κ1) is 25.3. The van der Waals surface area contributed by atoms with Crippen molar-refractivity contribution in [1.29, 1.82) is 0 Å². The van der Waals surface area contributed by atoms with Crippen LogP contribution in [0, 0.1) is 0 Å². The van der Waals surface area contributed by atoms with E-state index in [1.165, 1.54) is 12.3 Å². The van der Waals surface area contributed by atoms with Crippen LogP contribution in [-0.2, 0) is 19.1 Å². The van der Waals surface area contributed by atoms with Gasteiger partial charge in [0.05, 0.1) is 11.1 Å². The van der Waals surface area contributed by atoms with Gasteiger partial charge in [-0.15, -0.1) is 0 Å². The Morgan fingerprint density at radius 2 is 1.63 bits per heavy atom. The van der Waals surface area contributed by atoms with Gasteiger partial charge in [0.1, 0.15) is 0 Å². The number of rotatable bonds is 8. The van der Waals surface area contributed by atoms with Gasteiger partial charge in [-0.2, -0.15) is 13.2 Å². The summed E-state index contributed by atoms with van der Waals surface area (Å²) in [6.45, 7) is 1.27. The van der Waals surface area contributed by atoms with Gasteiger partial charge >= 0.3 is 6.18 Å². The molecule has 0 aliphatic rings. The van der Waals surface area contributed by atoms with E-state index in [-0.39, 0.29) is 22.2 Å². The molecule has 5 rings (SSSR count). The maximum Gasteiger partial charge on any atom is 0.418 e. The van der Waals surface area contributed by atoms with E-state index in [4.69, 9.17) is 0 Å². The molecule has 0 aliphatic heterocycles. The van der Waals surface area contributed by atoms with Gasteiger partial charge < -0.3 is 5.32 Å². The van der Waals surface area contributed by atoms with Crippen LogP contribution in [0.25, 0.3) is 22.0 Å². The highest BCUT2D eigenvalue weighted by atomic mass is 19.4. The van der Waals surface area contributed by atoms with Crippen LogP contribution in [0.2, 0.25) is 0 Å². The Hall–Kier alpha value is -4.36. The maximum atomic E-state index is 13.8. The molecule has 190 valence electrons. The van der Waals surface area contributed by atoms with Crippen LogP contribution in [0.1, 0.15) is 32.7 Å². The Balaban J connectivity index is 1.54. The molecular formula is C31H24F3N3O. The van der Waals surface area contributed by atoms with Gasteiger partial charge in [-0.1, -0.05) is 66.7 Å². The second kappa shape index (κ2) is 10.9. The minimum Gasteiger partial charge on any atom is -0.312 e. The van der Waals surface area contributed by atoms with E-state index in [0.29, 0.717) is 29.8 Å². The highest BCUT2D eigenvalue weighted by Crippen LogP contribution is 2.39. The van der Waals surface area contributed by atoms with Gasteiger partial charge in [-0.3, -0.25) is 14.8 Å². The smallest absolute Gasteiger partial charge is 0.312 e. The van der Waals surface area contributed by atoms with Gasteiger partial charge in [0.2, 0.25) is 0 Å². The first-order valence-corrected chi connectivity index (χ1v) is 12.2. The number of hydrogen-bond donors (Lipinski definition) is 1. The molecule has 7 heteroatoms. The van der Waals surface area contributed by atoms with Gasteiger partial charge in [0.25, 0.3) is 0 Å². The number of benzene rings is 3. The van der Waals surface area contributed by atoms with E-state index in [0.717, 1.165) is 23.7 Å². The van der Waals surface area contributed by atoms with Crippen LogP contribution < -0.4 is 5.32 Å². The number of aromatic nitrogens is 2. The van der Waals surface area contributed by atoms with Crippen molar-refractivity contribution >= 4 is 16.7 Å². The normalized spacial score (nSPS) is 11.6. The molecule has 1 N–H and O–H groups in total. The summed E-state index contributed by atoms with van der Waals surface area (Å²) in [5.41, 5.74) is 2.70. The molecular weight excluding hydrogens is 487 g/mol. The molecule has 0 atom stereocenters. The number of ketones is 1. The number of para-hydroxylation sites is 1. The molecule has 0 radical (unpaired) electrons. The SMILES string of the molecule is O=C(c1ccccc1)c1cnc2c(C(F)(F)F)cccc2c1-c1cccc(CNCCc2ccccn2)c1. The third-order valence-corrected chi connectivity index (χ3v) is 6.31. The fraction of sp³-hybridized carbons (Fsp3) is 0.129. The molecule has 0 saturated carbocycles. The molecule has 4 nitrogen and oxygen atoms in total. The summed E-state index contributed by atoms with van der Waals surface area (Å²) in [4.78, 5) is 22.0. The Bertz CT molecular complexity index is 1570. The zero-order chi connectivity index (χ0) is 26.5. The summed E-state index contributed by atoms with van der Waals surface area (Å²) in [5, 5.41) is 3.67. The Labute approximate surface area is 218 Å². The average molecular weight is 512 g/mol. The van der Waals surface area contributed by atoms with Crippen molar-refractivity contribution in [3.05, 3.63) is 131 Å². The van der Waals surface area contributed by atoms with E-state index >= 15 is 0 Å². The Morgan fingerprint density at radius 1 is 0.842 bits per heavy atom. The predicted molar refractivity (Wildman–Crippen MR) is 142 cm³/mol. The Morgan fingerprint density at radius 3 is 2.39 bits per heavy atom. The molecule has 0 spiro atoms. The fourth-order valence-electron chi connectivity index (χ4n) is 4.51. The zero-order valence-electron chi connectivity index (χ0n) is 20.4. The zero-order valence-corrected chi connectivity index (χ0v) is 20.4. The lowest BCUT2D eigenvalue weighted by Crippen LogP contribution is -2.17. The van der Waals surface area contributed by atoms with Gasteiger partial charge in [0, 0.05) is 59.7 Å². The molecule has 0 saturated heterocycles. The van der Waals surface area contributed by atoms with Crippen molar-refractivity contribution in [2.45, 2.75) is 19.1 Å². The average Bonchev–Trinajstić information content (AvgIpc) is 2.94. The number of pyridine rings is 2. The molecule has 0 amide bonds. The fourth-order valence-corrected chi connectivity index (χ4v) is 4.51. The standard InChI is InChI=1S/C31H24F3N3O/c32-31(33,34)27-14-7-13-25-28(26(20-37-29(25)27)30(38)22-9-2-1-3-10-22)23-11-6-8-21(18-23)19-35-17-15-24-12-4-5-16-36-24/h1-14,16,18,20,35H,15,17,19H2. The number of carbonyl (C=O) groups is 1. The molecule has 38 heavy (non-hydrogen) atoms. The number of nitrogens with zero attached hydrogens (tertiary/aromatic N) is 2. The second-order valence-corrected chi connectivity index (χ2v) is 8.89.